The monoisotopic (exact) mass is 362 g/mol. The zero-order valence-electron chi connectivity index (χ0n) is 14.3. The van der Waals surface area contributed by atoms with E-state index in [1.807, 2.05) is 25.1 Å². The van der Waals surface area contributed by atoms with E-state index in [1.54, 1.807) is 25.3 Å². The number of carbonyl (C=O) groups excluding carboxylic acids is 1. The third kappa shape index (κ3) is 5.58. The Hall–Kier alpha value is -2.38. The van der Waals surface area contributed by atoms with E-state index in [2.05, 4.69) is 10.0 Å². The first kappa shape index (κ1) is 19.0. The van der Waals surface area contributed by atoms with E-state index >= 15 is 0 Å². The number of methoxy groups -OCH3 is 1. The molecule has 2 rings (SSSR count). The van der Waals surface area contributed by atoms with Crippen LogP contribution in [0.25, 0.3) is 0 Å². The summed E-state index contributed by atoms with van der Waals surface area (Å²) >= 11 is 0. The first-order valence-corrected chi connectivity index (χ1v) is 9.45. The summed E-state index contributed by atoms with van der Waals surface area (Å²) in [5, 5.41) is 2.75. The molecule has 0 aliphatic heterocycles. The van der Waals surface area contributed by atoms with Gasteiger partial charge in [-0.3, -0.25) is 4.79 Å². The molecule has 0 aromatic heterocycles. The highest BCUT2D eigenvalue weighted by atomic mass is 32.2. The molecule has 0 saturated carbocycles. The fourth-order valence-corrected chi connectivity index (χ4v) is 3.34. The van der Waals surface area contributed by atoms with Crippen molar-refractivity contribution < 1.29 is 17.9 Å². The van der Waals surface area contributed by atoms with Gasteiger partial charge in [-0.1, -0.05) is 19.1 Å². The quantitative estimate of drug-likeness (QED) is 0.756. The molecule has 25 heavy (non-hydrogen) atoms. The van der Waals surface area contributed by atoms with E-state index in [9.17, 15) is 13.2 Å². The highest BCUT2D eigenvalue weighted by molar-refractivity contribution is 7.89. The van der Waals surface area contributed by atoms with Crippen molar-refractivity contribution in [2.45, 2.75) is 24.7 Å². The second-order valence-corrected chi connectivity index (χ2v) is 7.27. The second-order valence-electron chi connectivity index (χ2n) is 5.50. The summed E-state index contributed by atoms with van der Waals surface area (Å²) < 4.78 is 31.7. The van der Waals surface area contributed by atoms with Gasteiger partial charge in [-0.2, -0.15) is 0 Å². The van der Waals surface area contributed by atoms with Crippen LogP contribution in [0.3, 0.4) is 0 Å². The molecule has 2 aromatic rings. The van der Waals surface area contributed by atoms with Crippen LogP contribution in [-0.2, 0) is 21.2 Å². The number of nitrogens with one attached hydrogen (secondary N) is 2. The molecule has 134 valence electrons. The molecule has 2 aromatic carbocycles. The molecule has 0 radical (unpaired) electrons. The molecule has 6 nitrogen and oxygen atoms in total. The lowest BCUT2D eigenvalue weighted by molar-refractivity contribution is -0.115. The SMILES string of the molecule is CCCNS(=O)(=O)c1ccc(NC(=O)Cc2cccc(OC)c2)cc1. The van der Waals surface area contributed by atoms with Gasteiger partial charge < -0.3 is 10.1 Å². The van der Waals surface area contributed by atoms with Crippen LogP contribution < -0.4 is 14.8 Å². The lowest BCUT2D eigenvalue weighted by Gasteiger charge is -2.09. The van der Waals surface area contributed by atoms with Crippen molar-refractivity contribution in [1.29, 1.82) is 0 Å². The predicted octanol–water partition coefficient (Wildman–Crippen LogP) is 2.56. The Kier molecular flexibility index (Phi) is 6.55. The van der Waals surface area contributed by atoms with E-state index in [4.69, 9.17) is 4.74 Å². The summed E-state index contributed by atoms with van der Waals surface area (Å²) in [5.74, 6) is 0.507. The molecule has 2 N–H and O–H groups in total. The van der Waals surface area contributed by atoms with Gasteiger partial charge in [-0.25, -0.2) is 13.1 Å². The number of anilines is 1. The van der Waals surface area contributed by atoms with Crippen LogP contribution in [0.4, 0.5) is 5.69 Å². The van der Waals surface area contributed by atoms with Crippen LogP contribution in [0.15, 0.2) is 53.4 Å². The topological polar surface area (TPSA) is 84.5 Å². The fourth-order valence-electron chi connectivity index (χ4n) is 2.21. The highest BCUT2D eigenvalue weighted by Gasteiger charge is 2.13. The molecule has 0 heterocycles. The average molecular weight is 362 g/mol. The van der Waals surface area contributed by atoms with E-state index in [1.165, 1.54) is 12.1 Å². The number of amides is 1. The zero-order valence-corrected chi connectivity index (χ0v) is 15.1. The van der Waals surface area contributed by atoms with E-state index in [0.29, 0.717) is 18.0 Å². The van der Waals surface area contributed by atoms with Crippen molar-refractivity contribution >= 4 is 21.6 Å². The molecule has 0 aliphatic carbocycles. The van der Waals surface area contributed by atoms with Crippen LogP contribution in [0.5, 0.6) is 5.75 Å². The van der Waals surface area contributed by atoms with Gasteiger partial charge in [0.15, 0.2) is 0 Å². The van der Waals surface area contributed by atoms with E-state index in [-0.39, 0.29) is 17.2 Å². The highest BCUT2D eigenvalue weighted by Crippen LogP contribution is 2.16. The maximum absolute atomic E-state index is 12.1. The number of hydrogen-bond acceptors (Lipinski definition) is 4. The van der Waals surface area contributed by atoms with Gasteiger partial charge in [0.25, 0.3) is 0 Å². The number of hydrogen-bond donors (Lipinski definition) is 2. The first-order valence-electron chi connectivity index (χ1n) is 7.97. The Morgan fingerprint density at radius 3 is 2.48 bits per heavy atom. The van der Waals surface area contributed by atoms with E-state index in [0.717, 1.165) is 12.0 Å². The molecule has 0 saturated heterocycles. The Labute approximate surface area is 148 Å². The van der Waals surface area contributed by atoms with Gasteiger partial charge >= 0.3 is 0 Å². The molecule has 0 bridgehead atoms. The molecule has 0 unspecified atom stereocenters. The molecule has 0 atom stereocenters. The smallest absolute Gasteiger partial charge is 0.240 e. The van der Waals surface area contributed by atoms with Crippen LogP contribution >= 0.6 is 0 Å². The normalized spacial score (nSPS) is 11.1. The van der Waals surface area contributed by atoms with Gasteiger partial charge in [-0.05, 0) is 48.4 Å². The van der Waals surface area contributed by atoms with Gasteiger partial charge in [0.2, 0.25) is 15.9 Å². The number of benzene rings is 2. The Morgan fingerprint density at radius 2 is 1.84 bits per heavy atom. The molecule has 0 spiro atoms. The number of ether oxygens (including phenoxy) is 1. The van der Waals surface area contributed by atoms with Crippen molar-refractivity contribution in [3.63, 3.8) is 0 Å². The maximum Gasteiger partial charge on any atom is 0.240 e. The number of carbonyl (C=O) groups is 1. The first-order chi connectivity index (χ1) is 11.9. The summed E-state index contributed by atoms with van der Waals surface area (Å²) in [4.78, 5) is 12.3. The van der Waals surface area contributed by atoms with Crippen LogP contribution in [0.1, 0.15) is 18.9 Å². The molecule has 0 fully saturated rings. The average Bonchev–Trinajstić information content (AvgIpc) is 2.60. The van der Waals surface area contributed by atoms with Crippen molar-refractivity contribution in [3.05, 3.63) is 54.1 Å². The lowest BCUT2D eigenvalue weighted by atomic mass is 10.1. The number of rotatable bonds is 8. The molecular formula is C18H22N2O4S. The summed E-state index contributed by atoms with van der Waals surface area (Å²) in [5.41, 5.74) is 1.38. The van der Waals surface area contributed by atoms with Crippen molar-refractivity contribution in [1.82, 2.24) is 4.72 Å². The Balaban J connectivity index is 1.99. The number of sulfonamides is 1. The summed E-state index contributed by atoms with van der Waals surface area (Å²) in [6, 6.07) is 13.4. The van der Waals surface area contributed by atoms with Crippen LogP contribution in [-0.4, -0.2) is 28.0 Å². The molecular weight excluding hydrogens is 340 g/mol. The van der Waals surface area contributed by atoms with Crippen molar-refractivity contribution in [2.75, 3.05) is 19.0 Å². The van der Waals surface area contributed by atoms with Gasteiger partial charge in [-0.15, -0.1) is 0 Å². The predicted molar refractivity (Wildman–Crippen MR) is 97.2 cm³/mol. The molecule has 0 aliphatic rings. The standard InChI is InChI=1S/C18H22N2O4S/c1-3-11-19-25(22,23)17-9-7-15(8-10-17)20-18(21)13-14-5-4-6-16(12-14)24-2/h4-10,12,19H,3,11,13H2,1-2H3,(H,20,21). The van der Waals surface area contributed by atoms with Gasteiger partial charge in [0, 0.05) is 12.2 Å². The largest absolute Gasteiger partial charge is 0.497 e. The van der Waals surface area contributed by atoms with E-state index < -0.39 is 10.0 Å². The maximum atomic E-state index is 12.1. The minimum Gasteiger partial charge on any atom is -0.497 e. The minimum absolute atomic E-state index is 0.173. The summed E-state index contributed by atoms with van der Waals surface area (Å²) in [7, 11) is -1.93. The second kappa shape index (κ2) is 8.64. The van der Waals surface area contributed by atoms with Crippen LogP contribution in [0, 0.1) is 0 Å². The van der Waals surface area contributed by atoms with Gasteiger partial charge in [0.1, 0.15) is 5.75 Å². The zero-order chi connectivity index (χ0) is 18.3. The Morgan fingerprint density at radius 1 is 1.12 bits per heavy atom. The minimum atomic E-state index is -3.50. The summed E-state index contributed by atoms with van der Waals surface area (Å²) in [6.45, 7) is 2.28. The molecule has 1 amide bonds. The van der Waals surface area contributed by atoms with Gasteiger partial charge in [0.05, 0.1) is 18.4 Å². The third-order valence-electron chi connectivity index (χ3n) is 3.49. The fraction of sp³-hybridized carbons (Fsp3) is 0.278. The Bertz CT molecular complexity index is 817. The third-order valence-corrected chi connectivity index (χ3v) is 4.97. The lowest BCUT2D eigenvalue weighted by Crippen LogP contribution is -2.24. The van der Waals surface area contributed by atoms with Crippen molar-refractivity contribution in [2.24, 2.45) is 0 Å². The summed E-state index contributed by atoms with van der Waals surface area (Å²) in [6.07, 6.45) is 0.924. The van der Waals surface area contributed by atoms with Crippen LogP contribution in [0.2, 0.25) is 0 Å². The van der Waals surface area contributed by atoms with Crippen molar-refractivity contribution in [3.8, 4) is 5.75 Å². The molecule has 7 heteroatoms.